The summed E-state index contributed by atoms with van der Waals surface area (Å²) in [6.07, 6.45) is 1.71. The van der Waals surface area contributed by atoms with Crippen LogP contribution in [0.2, 0.25) is 0 Å². The SMILES string of the molecule is CS[P@@]1(=O)OC[C@@H](C)O1. The number of hydrogen-bond donors (Lipinski definition) is 0. The first-order chi connectivity index (χ1) is 4.16. The van der Waals surface area contributed by atoms with Gasteiger partial charge in [0, 0.05) is 0 Å². The van der Waals surface area contributed by atoms with Crippen molar-refractivity contribution >= 4 is 18.2 Å². The molecule has 1 aliphatic heterocycles. The van der Waals surface area contributed by atoms with Crippen LogP contribution in [0.1, 0.15) is 6.92 Å². The molecule has 2 atom stereocenters. The van der Waals surface area contributed by atoms with Gasteiger partial charge in [-0.25, -0.2) is 4.57 Å². The summed E-state index contributed by atoms with van der Waals surface area (Å²) in [6.45, 7) is -0.391. The molecule has 1 aliphatic rings. The first kappa shape index (κ1) is 7.61. The summed E-state index contributed by atoms with van der Waals surface area (Å²) in [7, 11) is 0. The Morgan fingerprint density at radius 3 is 2.67 bits per heavy atom. The second kappa shape index (κ2) is 2.62. The van der Waals surface area contributed by atoms with E-state index in [1.165, 1.54) is 0 Å². The Labute approximate surface area is 58.4 Å². The van der Waals surface area contributed by atoms with Crippen molar-refractivity contribution in [2.45, 2.75) is 13.0 Å². The zero-order valence-electron chi connectivity index (χ0n) is 5.36. The monoisotopic (exact) mass is 168 g/mol. The molecule has 0 aromatic rings. The molecule has 0 saturated carbocycles. The molecule has 1 rings (SSSR count). The van der Waals surface area contributed by atoms with Crippen LogP contribution in [0.4, 0.5) is 0 Å². The summed E-state index contributed by atoms with van der Waals surface area (Å²) >= 11 is 1.15. The third-order valence-electron chi connectivity index (χ3n) is 1.00. The zero-order valence-corrected chi connectivity index (χ0v) is 7.08. The Morgan fingerprint density at radius 1 is 1.78 bits per heavy atom. The standard InChI is InChI=1S/C4H9O3PS/c1-4-3-6-8(5,7-4)9-2/h4H,3H2,1-2H3/t4-,8+/m1/s1. The van der Waals surface area contributed by atoms with E-state index in [0.29, 0.717) is 6.61 Å². The van der Waals surface area contributed by atoms with Crippen LogP contribution in [0.5, 0.6) is 0 Å². The van der Waals surface area contributed by atoms with Gasteiger partial charge in [0.25, 0.3) is 0 Å². The van der Waals surface area contributed by atoms with Crippen molar-refractivity contribution in [1.29, 1.82) is 0 Å². The Hall–Kier alpha value is 0.500. The lowest BCUT2D eigenvalue weighted by atomic mass is 10.5. The first-order valence-corrected chi connectivity index (χ1v) is 6.02. The predicted octanol–water partition coefficient (Wildman–Crippen LogP) is 1.89. The summed E-state index contributed by atoms with van der Waals surface area (Å²) in [5.74, 6) is 0. The Bertz CT molecular complexity index is 149. The van der Waals surface area contributed by atoms with Crippen molar-refractivity contribution in [1.82, 2.24) is 0 Å². The predicted molar refractivity (Wildman–Crippen MR) is 37.6 cm³/mol. The fourth-order valence-electron chi connectivity index (χ4n) is 0.573. The normalized spacial score (nSPS) is 43.6. The topological polar surface area (TPSA) is 35.5 Å². The lowest BCUT2D eigenvalue weighted by Gasteiger charge is -2.03. The van der Waals surface area contributed by atoms with Crippen molar-refractivity contribution in [3.05, 3.63) is 0 Å². The second-order valence-electron chi connectivity index (χ2n) is 1.84. The molecule has 1 saturated heterocycles. The third-order valence-corrected chi connectivity index (χ3v) is 4.45. The van der Waals surface area contributed by atoms with Gasteiger partial charge in [0.1, 0.15) is 0 Å². The summed E-state index contributed by atoms with van der Waals surface area (Å²) in [5.41, 5.74) is 0. The van der Waals surface area contributed by atoms with Crippen LogP contribution in [0.15, 0.2) is 0 Å². The molecule has 0 aromatic heterocycles. The van der Waals surface area contributed by atoms with Gasteiger partial charge in [-0.3, -0.25) is 9.05 Å². The first-order valence-electron chi connectivity index (χ1n) is 2.65. The highest BCUT2D eigenvalue weighted by atomic mass is 32.7. The highest BCUT2D eigenvalue weighted by Gasteiger charge is 2.33. The van der Waals surface area contributed by atoms with E-state index >= 15 is 0 Å². The largest absolute Gasteiger partial charge is 0.389 e. The molecule has 1 fully saturated rings. The molecule has 0 aliphatic carbocycles. The van der Waals surface area contributed by atoms with Crippen LogP contribution in [-0.2, 0) is 13.6 Å². The van der Waals surface area contributed by atoms with Gasteiger partial charge in [-0.2, -0.15) is 0 Å². The molecule has 0 radical (unpaired) electrons. The van der Waals surface area contributed by atoms with Gasteiger partial charge >= 0.3 is 6.80 Å². The van der Waals surface area contributed by atoms with Crippen LogP contribution in [0, 0.1) is 0 Å². The number of hydrogen-bond acceptors (Lipinski definition) is 4. The van der Waals surface area contributed by atoms with Crippen LogP contribution in [-0.4, -0.2) is 19.0 Å². The van der Waals surface area contributed by atoms with Gasteiger partial charge in [-0.05, 0) is 24.6 Å². The second-order valence-corrected chi connectivity index (χ2v) is 6.01. The Kier molecular flexibility index (Phi) is 2.22. The van der Waals surface area contributed by atoms with Gasteiger partial charge in [-0.1, -0.05) is 0 Å². The molecule has 0 spiro atoms. The average molecular weight is 168 g/mol. The summed E-state index contributed by atoms with van der Waals surface area (Å²) in [6, 6.07) is 0. The van der Waals surface area contributed by atoms with Crippen molar-refractivity contribution in [3.63, 3.8) is 0 Å². The molecule has 0 bridgehead atoms. The molecular weight excluding hydrogens is 159 g/mol. The molecule has 5 heteroatoms. The van der Waals surface area contributed by atoms with Gasteiger partial charge in [0.2, 0.25) is 0 Å². The van der Waals surface area contributed by atoms with Crippen molar-refractivity contribution in [2.24, 2.45) is 0 Å². The maximum atomic E-state index is 11.1. The van der Waals surface area contributed by atoms with Gasteiger partial charge in [0.05, 0.1) is 12.7 Å². The van der Waals surface area contributed by atoms with Gasteiger partial charge < -0.3 is 0 Å². The highest BCUT2D eigenvalue weighted by molar-refractivity contribution is 8.54. The lowest BCUT2D eigenvalue weighted by molar-refractivity contribution is 0.259. The molecule has 0 unspecified atom stereocenters. The molecule has 0 aromatic carbocycles. The fraction of sp³-hybridized carbons (Fsp3) is 1.00. The van der Waals surface area contributed by atoms with Crippen LogP contribution in [0.3, 0.4) is 0 Å². The van der Waals surface area contributed by atoms with E-state index in [1.54, 1.807) is 6.26 Å². The molecule has 0 amide bonds. The van der Waals surface area contributed by atoms with Crippen molar-refractivity contribution in [3.8, 4) is 0 Å². The minimum atomic E-state index is -2.69. The minimum Gasteiger partial charge on any atom is -0.298 e. The quantitative estimate of drug-likeness (QED) is 0.560. The summed E-state index contributed by atoms with van der Waals surface area (Å²) < 4.78 is 21.0. The third kappa shape index (κ3) is 1.71. The Morgan fingerprint density at radius 2 is 2.44 bits per heavy atom. The summed E-state index contributed by atoms with van der Waals surface area (Å²) in [4.78, 5) is 0. The van der Waals surface area contributed by atoms with Crippen molar-refractivity contribution < 1.29 is 13.6 Å². The fourth-order valence-corrected chi connectivity index (χ4v) is 2.92. The van der Waals surface area contributed by atoms with E-state index in [-0.39, 0.29) is 6.10 Å². The van der Waals surface area contributed by atoms with E-state index in [4.69, 9.17) is 9.05 Å². The highest BCUT2D eigenvalue weighted by Crippen LogP contribution is 2.63. The van der Waals surface area contributed by atoms with E-state index in [0.717, 1.165) is 11.4 Å². The smallest absolute Gasteiger partial charge is 0.298 e. The molecule has 54 valence electrons. The van der Waals surface area contributed by atoms with Gasteiger partial charge in [-0.15, -0.1) is 0 Å². The summed E-state index contributed by atoms with van der Waals surface area (Å²) in [5, 5.41) is 0. The minimum absolute atomic E-state index is 0.0108. The van der Waals surface area contributed by atoms with E-state index in [9.17, 15) is 4.57 Å². The van der Waals surface area contributed by atoms with Crippen LogP contribution >= 0.6 is 18.2 Å². The molecule has 9 heavy (non-hydrogen) atoms. The van der Waals surface area contributed by atoms with Crippen LogP contribution in [0.25, 0.3) is 0 Å². The lowest BCUT2D eigenvalue weighted by Crippen LogP contribution is -1.99. The average Bonchev–Trinajstić information content (AvgIpc) is 2.13. The van der Waals surface area contributed by atoms with E-state index < -0.39 is 6.80 Å². The maximum Gasteiger partial charge on any atom is 0.389 e. The van der Waals surface area contributed by atoms with Crippen molar-refractivity contribution in [2.75, 3.05) is 12.9 Å². The molecule has 0 N–H and O–H groups in total. The zero-order chi connectivity index (χ0) is 6.91. The molecular formula is C4H9O3PS. The molecule has 1 heterocycles. The van der Waals surface area contributed by atoms with E-state index in [1.807, 2.05) is 6.92 Å². The van der Waals surface area contributed by atoms with E-state index in [2.05, 4.69) is 0 Å². The Balaban J connectivity index is 2.55. The van der Waals surface area contributed by atoms with Crippen LogP contribution < -0.4 is 0 Å². The number of rotatable bonds is 1. The maximum absolute atomic E-state index is 11.1. The van der Waals surface area contributed by atoms with Gasteiger partial charge in [0.15, 0.2) is 0 Å². The molecule has 3 nitrogen and oxygen atoms in total.